The van der Waals surface area contributed by atoms with E-state index in [0.29, 0.717) is 6.61 Å². The van der Waals surface area contributed by atoms with E-state index < -0.39 is 10.0 Å². The average Bonchev–Trinajstić information content (AvgIpc) is 2.14. The van der Waals surface area contributed by atoms with Crippen LogP contribution in [0.4, 0.5) is 0 Å². The first kappa shape index (κ1) is 12.0. The van der Waals surface area contributed by atoms with E-state index in [9.17, 15) is 8.42 Å². The van der Waals surface area contributed by atoms with Crippen LogP contribution in [0.25, 0.3) is 0 Å². The standard InChI is InChI=1S/C10H15NO3S/c1-9(11-15(2,12)13)8-14-10-6-4-3-5-7-10/h3-7,9,11H,8H2,1-2H3/t9-/m0/s1. The first-order valence-corrected chi connectivity index (χ1v) is 6.51. The van der Waals surface area contributed by atoms with Gasteiger partial charge < -0.3 is 4.74 Å². The van der Waals surface area contributed by atoms with Crippen molar-refractivity contribution in [1.29, 1.82) is 0 Å². The summed E-state index contributed by atoms with van der Waals surface area (Å²) in [6.45, 7) is 2.07. The molecule has 1 N–H and O–H groups in total. The first-order chi connectivity index (χ1) is 6.97. The zero-order valence-corrected chi connectivity index (χ0v) is 9.62. The molecule has 0 aliphatic rings. The monoisotopic (exact) mass is 229 g/mol. The quantitative estimate of drug-likeness (QED) is 0.819. The van der Waals surface area contributed by atoms with Crippen LogP contribution in [0.2, 0.25) is 0 Å². The van der Waals surface area contributed by atoms with E-state index in [1.807, 2.05) is 30.3 Å². The lowest BCUT2D eigenvalue weighted by molar-refractivity contribution is 0.287. The second kappa shape index (κ2) is 5.14. The van der Waals surface area contributed by atoms with E-state index in [-0.39, 0.29) is 6.04 Å². The van der Waals surface area contributed by atoms with E-state index in [2.05, 4.69) is 4.72 Å². The van der Waals surface area contributed by atoms with E-state index in [0.717, 1.165) is 12.0 Å². The molecule has 1 aromatic rings. The van der Waals surface area contributed by atoms with Gasteiger partial charge in [-0.2, -0.15) is 0 Å². The summed E-state index contributed by atoms with van der Waals surface area (Å²) in [4.78, 5) is 0. The summed E-state index contributed by atoms with van der Waals surface area (Å²) in [7, 11) is -3.16. The van der Waals surface area contributed by atoms with Crippen molar-refractivity contribution >= 4 is 10.0 Å². The second-order valence-corrected chi connectivity index (χ2v) is 5.20. The number of benzene rings is 1. The van der Waals surface area contributed by atoms with Gasteiger partial charge in [0.1, 0.15) is 12.4 Å². The minimum absolute atomic E-state index is 0.236. The summed E-state index contributed by atoms with van der Waals surface area (Å²) < 4.78 is 29.6. The van der Waals surface area contributed by atoms with Crippen LogP contribution in [0, 0.1) is 0 Å². The third-order valence-electron chi connectivity index (χ3n) is 1.66. The van der Waals surface area contributed by atoms with Gasteiger partial charge in [0.2, 0.25) is 10.0 Å². The highest BCUT2D eigenvalue weighted by Gasteiger charge is 2.08. The predicted molar refractivity (Wildman–Crippen MR) is 59.4 cm³/mol. The van der Waals surface area contributed by atoms with Crippen molar-refractivity contribution in [2.75, 3.05) is 12.9 Å². The van der Waals surface area contributed by atoms with Crippen molar-refractivity contribution < 1.29 is 13.2 Å². The molecular weight excluding hydrogens is 214 g/mol. The van der Waals surface area contributed by atoms with E-state index >= 15 is 0 Å². The molecule has 0 bridgehead atoms. The number of nitrogens with one attached hydrogen (secondary N) is 1. The molecule has 0 amide bonds. The number of hydrogen-bond acceptors (Lipinski definition) is 3. The van der Waals surface area contributed by atoms with Crippen molar-refractivity contribution in [1.82, 2.24) is 4.72 Å². The van der Waals surface area contributed by atoms with Gasteiger partial charge in [0, 0.05) is 0 Å². The summed E-state index contributed by atoms with van der Waals surface area (Å²) in [5, 5.41) is 0. The van der Waals surface area contributed by atoms with Gasteiger partial charge in [0.15, 0.2) is 0 Å². The van der Waals surface area contributed by atoms with Crippen LogP contribution in [0.5, 0.6) is 5.75 Å². The topological polar surface area (TPSA) is 55.4 Å². The first-order valence-electron chi connectivity index (χ1n) is 4.62. The molecule has 1 aromatic carbocycles. The fourth-order valence-corrected chi connectivity index (χ4v) is 1.94. The minimum atomic E-state index is -3.16. The highest BCUT2D eigenvalue weighted by molar-refractivity contribution is 7.88. The third kappa shape index (κ3) is 5.39. The molecule has 5 heteroatoms. The maximum atomic E-state index is 10.9. The molecule has 4 nitrogen and oxygen atoms in total. The van der Waals surface area contributed by atoms with Gasteiger partial charge in [-0.3, -0.25) is 0 Å². The summed E-state index contributed by atoms with van der Waals surface area (Å²) in [5.41, 5.74) is 0. The normalized spacial score (nSPS) is 13.5. The second-order valence-electron chi connectivity index (χ2n) is 3.42. The number of para-hydroxylation sites is 1. The Morgan fingerprint density at radius 2 is 1.93 bits per heavy atom. The number of ether oxygens (including phenoxy) is 1. The van der Waals surface area contributed by atoms with Crippen LogP contribution >= 0.6 is 0 Å². The lowest BCUT2D eigenvalue weighted by atomic mass is 10.3. The highest BCUT2D eigenvalue weighted by Crippen LogP contribution is 2.08. The zero-order chi connectivity index (χ0) is 11.3. The van der Waals surface area contributed by atoms with Gasteiger partial charge in [0.25, 0.3) is 0 Å². The Kier molecular flexibility index (Phi) is 4.11. The Morgan fingerprint density at radius 1 is 1.33 bits per heavy atom. The van der Waals surface area contributed by atoms with Crippen LogP contribution in [-0.4, -0.2) is 27.3 Å². The number of hydrogen-bond donors (Lipinski definition) is 1. The molecule has 0 aromatic heterocycles. The molecule has 15 heavy (non-hydrogen) atoms. The van der Waals surface area contributed by atoms with Crippen molar-refractivity contribution in [2.45, 2.75) is 13.0 Å². The fraction of sp³-hybridized carbons (Fsp3) is 0.400. The average molecular weight is 229 g/mol. The Bertz CT molecular complexity index is 388. The smallest absolute Gasteiger partial charge is 0.209 e. The molecule has 1 rings (SSSR count). The molecule has 0 radical (unpaired) electrons. The van der Waals surface area contributed by atoms with Crippen molar-refractivity contribution in [3.63, 3.8) is 0 Å². The SMILES string of the molecule is C[C@@H](COc1ccccc1)NS(C)(=O)=O. The van der Waals surface area contributed by atoms with Gasteiger partial charge in [-0.05, 0) is 19.1 Å². The van der Waals surface area contributed by atoms with E-state index in [1.54, 1.807) is 6.92 Å². The molecule has 0 unspecified atom stereocenters. The fourth-order valence-electron chi connectivity index (χ4n) is 1.14. The zero-order valence-electron chi connectivity index (χ0n) is 8.80. The summed E-state index contributed by atoms with van der Waals surface area (Å²) in [5.74, 6) is 0.736. The summed E-state index contributed by atoms with van der Waals surface area (Å²) >= 11 is 0. The molecular formula is C10H15NO3S. The number of rotatable bonds is 5. The molecule has 0 saturated carbocycles. The van der Waals surface area contributed by atoms with E-state index in [4.69, 9.17) is 4.74 Å². The van der Waals surface area contributed by atoms with Crippen LogP contribution in [0.1, 0.15) is 6.92 Å². The van der Waals surface area contributed by atoms with Gasteiger partial charge in [-0.15, -0.1) is 0 Å². The molecule has 0 fully saturated rings. The summed E-state index contributed by atoms with van der Waals surface area (Å²) in [6.07, 6.45) is 1.13. The van der Waals surface area contributed by atoms with Crippen molar-refractivity contribution in [3.8, 4) is 5.75 Å². The lowest BCUT2D eigenvalue weighted by Gasteiger charge is -2.13. The molecule has 0 spiro atoms. The van der Waals surface area contributed by atoms with Crippen LogP contribution in [0.15, 0.2) is 30.3 Å². The van der Waals surface area contributed by atoms with Gasteiger partial charge in [0.05, 0.1) is 12.3 Å². The van der Waals surface area contributed by atoms with Crippen molar-refractivity contribution in [2.24, 2.45) is 0 Å². The minimum Gasteiger partial charge on any atom is -0.492 e. The molecule has 1 atom stereocenters. The van der Waals surface area contributed by atoms with Gasteiger partial charge in [-0.25, -0.2) is 13.1 Å². The molecule has 0 saturated heterocycles. The number of sulfonamides is 1. The molecule has 84 valence electrons. The van der Waals surface area contributed by atoms with Crippen LogP contribution < -0.4 is 9.46 Å². The van der Waals surface area contributed by atoms with Crippen LogP contribution in [-0.2, 0) is 10.0 Å². The Hall–Kier alpha value is -1.07. The molecule has 0 aliphatic carbocycles. The largest absolute Gasteiger partial charge is 0.492 e. The molecule has 0 aliphatic heterocycles. The maximum Gasteiger partial charge on any atom is 0.209 e. The van der Waals surface area contributed by atoms with Crippen LogP contribution in [0.3, 0.4) is 0 Å². The summed E-state index contributed by atoms with van der Waals surface area (Å²) in [6, 6.07) is 9.04. The Labute approximate surface area is 90.3 Å². The lowest BCUT2D eigenvalue weighted by Crippen LogP contribution is -2.35. The Morgan fingerprint density at radius 3 is 2.47 bits per heavy atom. The highest BCUT2D eigenvalue weighted by atomic mass is 32.2. The molecule has 0 heterocycles. The van der Waals surface area contributed by atoms with Crippen molar-refractivity contribution in [3.05, 3.63) is 30.3 Å². The Balaban J connectivity index is 2.38. The van der Waals surface area contributed by atoms with E-state index in [1.165, 1.54) is 0 Å². The third-order valence-corrected chi connectivity index (χ3v) is 2.49. The van der Waals surface area contributed by atoms with Gasteiger partial charge in [-0.1, -0.05) is 18.2 Å². The maximum absolute atomic E-state index is 10.9. The predicted octanol–water partition coefficient (Wildman–Crippen LogP) is 1.00. The van der Waals surface area contributed by atoms with Gasteiger partial charge >= 0.3 is 0 Å².